The van der Waals surface area contributed by atoms with Crippen molar-refractivity contribution in [2.45, 2.75) is 85.0 Å². The van der Waals surface area contributed by atoms with Crippen molar-refractivity contribution in [1.82, 2.24) is 0 Å². The Hall–Kier alpha value is -0.790. The number of hydrogen-bond acceptors (Lipinski definition) is 2. The molecule has 118 valence electrons. The van der Waals surface area contributed by atoms with Crippen LogP contribution in [0.2, 0.25) is 0 Å². The van der Waals surface area contributed by atoms with Gasteiger partial charge in [0.25, 0.3) is 0 Å². The molecule has 0 spiro atoms. The largest absolute Gasteiger partial charge is 0.466 e. The first kappa shape index (κ1) is 19.2. The highest BCUT2D eigenvalue weighted by Gasteiger charge is 1.98. The Bertz CT molecular complexity index is 246. The van der Waals surface area contributed by atoms with Crippen molar-refractivity contribution >= 4 is 5.97 Å². The van der Waals surface area contributed by atoms with E-state index in [-0.39, 0.29) is 5.97 Å². The van der Waals surface area contributed by atoms with E-state index in [1.165, 1.54) is 44.9 Å². The summed E-state index contributed by atoms with van der Waals surface area (Å²) in [6.07, 6.45) is 16.4. The van der Waals surface area contributed by atoms with Crippen LogP contribution in [0.4, 0.5) is 0 Å². The highest BCUT2D eigenvalue weighted by molar-refractivity contribution is 5.68. The molecule has 0 aliphatic rings. The van der Waals surface area contributed by atoms with Gasteiger partial charge in [0, 0.05) is 6.42 Å². The van der Waals surface area contributed by atoms with Crippen LogP contribution < -0.4 is 0 Å². The fourth-order valence-electron chi connectivity index (χ4n) is 2.20. The Morgan fingerprint density at radius 2 is 1.60 bits per heavy atom. The molecule has 0 saturated carbocycles. The Morgan fingerprint density at radius 1 is 1.00 bits per heavy atom. The maximum Gasteiger partial charge on any atom is 0.305 e. The number of allylic oxidation sites excluding steroid dienone is 2. The number of ether oxygens (including phenoxy) is 1. The predicted octanol–water partition coefficient (Wildman–Crippen LogP) is 5.66. The van der Waals surface area contributed by atoms with Gasteiger partial charge in [-0.05, 0) is 25.2 Å². The lowest BCUT2D eigenvalue weighted by atomic mass is 10.0. The number of carbonyl (C=O) groups is 1. The van der Waals surface area contributed by atoms with Crippen molar-refractivity contribution in [2.75, 3.05) is 6.61 Å². The van der Waals surface area contributed by atoms with E-state index in [1.54, 1.807) is 0 Å². The molecule has 0 N–H and O–H groups in total. The van der Waals surface area contributed by atoms with Gasteiger partial charge in [-0.25, -0.2) is 0 Å². The predicted molar refractivity (Wildman–Crippen MR) is 86.8 cm³/mol. The second-order valence-electron chi connectivity index (χ2n) is 5.65. The lowest BCUT2D eigenvalue weighted by molar-refractivity contribution is -0.143. The number of esters is 1. The SMILES string of the molecule is CC/C=C\C(C)CCCCCCCCCOC(=O)CC. The van der Waals surface area contributed by atoms with Crippen molar-refractivity contribution in [3.8, 4) is 0 Å². The summed E-state index contributed by atoms with van der Waals surface area (Å²) in [5.41, 5.74) is 0. The molecule has 1 unspecified atom stereocenters. The van der Waals surface area contributed by atoms with Crippen LogP contribution in [0.25, 0.3) is 0 Å². The van der Waals surface area contributed by atoms with Crippen molar-refractivity contribution in [3.63, 3.8) is 0 Å². The second kappa shape index (κ2) is 14.6. The summed E-state index contributed by atoms with van der Waals surface area (Å²) in [5.74, 6) is 0.666. The van der Waals surface area contributed by atoms with E-state index < -0.39 is 0 Å². The molecule has 0 heterocycles. The van der Waals surface area contributed by atoms with E-state index in [0.717, 1.165) is 18.8 Å². The molecule has 0 rings (SSSR count). The molecule has 0 aromatic carbocycles. The molecule has 0 bridgehead atoms. The van der Waals surface area contributed by atoms with Crippen LogP contribution >= 0.6 is 0 Å². The lowest BCUT2D eigenvalue weighted by Crippen LogP contribution is -2.03. The summed E-state index contributed by atoms with van der Waals surface area (Å²) in [6.45, 7) is 6.94. The van der Waals surface area contributed by atoms with E-state index in [9.17, 15) is 4.79 Å². The van der Waals surface area contributed by atoms with Crippen LogP contribution in [0.1, 0.15) is 85.0 Å². The molecule has 0 aromatic rings. The summed E-state index contributed by atoms with van der Waals surface area (Å²) in [6, 6.07) is 0. The summed E-state index contributed by atoms with van der Waals surface area (Å²) >= 11 is 0. The molecular weight excluding hydrogens is 248 g/mol. The minimum Gasteiger partial charge on any atom is -0.466 e. The number of carbonyl (C=O) groups excluding carboxylic acids is 1. The van der Waals surface area contributed by atoms with Gasteiger partial charge in [0.2, 0.25) is 0 Å². The molecule has 0 aliphatic carbocycles. The van der Waals surface area contributed by atoms with E-state index in [0.29, 0.717) is 13.0 Å². The summed E-state index contributed by atoms with van der Waals surface area (Å²) in [4.78, 5) is 10.9. The third-order valence-corrected chi connectivity index (χ3v) is 3.56. The van der Waals surface area contributed by atoms with Crippen LogP contribution in [0, 0.1) is 5.92 Å². The third kappa shape index (κ3) is 13.6. The van der Waals surface area contributed by atoms with Gasteiger partial charge < -0.3 is 4.74 Å². The van der Waals surface area contributed by atoms with Crippen LogP contribution in [0.3, 0.4) is 0 Å². The first-order valence-electron chi connectivity index (χ1n) is 8.53. The van der Waals surface area contributed by atoms with Crippen molar-refractivity contribution in [2.24, 2.45) is 5.92 Å². The standard InChI is InChI=1S/C18H34O2/c1-4-6-14-17(3)15-12-10-8-7-9-11-13-16-20-18(19)5-2/h6,14,17H,4-5,7-13,15-16H2,1-3H3/b14-6-. The van der Waals surface area contributed by atoms with Gasteiger partial charge in [0.05, 0.1) is 6.61 Å². The minimum absolute atomic E-state index is 0.0729. The van der Waals surface area contributed by atoms with E-state index >= 15 is 0 Å². The zero-order chi connectivity index (χ0) is 15.1. The topological polar surface area (TPSA) is 26.3 Å². The molecule has 0 aliphatic heterocycles. The zero-order valence-corrected chi connectivity index (χ0v) is 13.8. The summed E-state index contributed by atoms with van der Waals surface area (Å²) in [7, 11) is 0. The third-order valence-electron chi connectivity index (χ3n) is 3.56. The molecule has 20 heavy (non-hydrogen) atoms. The highest BCUT2D eigenvalue weighted by Crippen LogP contribution is 2.13. The van der Waals surface area contributed by atoms with Crippen LogP contribution in [0.15, 0.2) is 12.2 Å². The van der Waals surface area contributed by atoms with E-state index in [1.807, 2.05) is 6.92 Å². The average Bonchev–Trinajstić information content (AvgIpc) is 2.46. The molecule has 1 atom stereocenters. The van der Waals surface area contributed by atoms with Gasteiger partial charge in [0.15, 0.2) is 0 Å². The van der Waals surface area contributed by atoms with Crippen LogP contribution in [-0.4, -0.2) is 12.6 Å². The zero-order valence-electron chi connectivity index (χ0n) is 13.8. The molecule has 2 heteroatoms. The number of hydrogen-bond donors (Lipinski definition) is 0. The molecule has 2 nitrogen and oxygen atoms in total. The maximum absolute atomic E-state index is 10.9. The normalized spacial score (nSPS) is 12.8. The van der Waals surface area contributed by atoms with Gasteiger partial charge in [-0.15, -0.1) is 0 Å². The highest BCUT2D eigenvalue weighted by atomic mass is 16.5. The van der Waals surface area contributed by atoms with E-state index in [4.69, 9.17) is 4.74 Å². The smallest absolute Gasteiger partial charge is 0.305 e. The van der Waals surface area contributed by atoms with Crippen LogP contribution in [0.5, 0.6) is 0 Å². The molecule has 0 radical (unpaired) electrons. The Balaban J connectivity index is 3.17. The first-order chi connectivity index (χ1) is 9.70. The van der Waals surface area contributed by atoms with Gasteiger partial charge in [0.1, 0.15) is 0 Å². The van der Waals surface area contributed by atoms with Crippen molar-refractivity contribution < 1.29 is 9.53 Å². The fraction of sp³-hybridized carbons (Fsp3) is 0.833. The van der Waals surface area contributed by atoms with Crippen molar-refractivity contribution in [1.29, 1.82) is 0 Å². The summed E-state index contributed by atoms with van der Waals surface area (Å²) < 4.78 is 5.05. The monoisotopic (exact) mass is 282 g/mol. The number of rotatable bonds is 13. The van der Waals surface area contributed by atoms with Gasteiger partial charge in [-0.1, -0.05) is 71.4 Å². The summed E-state index contributed by atoms with van der Waals surface area (Å²) in [5, 5.41) is 0. The maximum atomic E-state index is 10.9. The average molecular weight is 282 g/mol. The Morgan fingerprint density at radius 3 is 2.20 bits per heavy atom. The first-order valence-corrected chi connectivity index (χ1v) is 8.53. The van der Waals surface area contributed by atoms with Crippen LogP contribution in [-0.2, 0) is 9.53 Å². The minimum atomic E-state index is -0.0729. The number of unbranched alkanes of at least 4 members (excludes halogenated alkanes) is 6. The molecule has 0 amide bonds. The quantitative estimate of drug-likeness (QED) is 0.247. The lowest BCUT2D eigenvalue weighted by Gasteiger charge is -2.06. The van der Waals surface area contributed by atoms with E-state index in [2.05, 4.69) is 26.0 Å². The Kier molecular flexibility index (Phi) is 14.0. The second-order valence-corrected chi connectivity index (χ2v) is 5.65. The molecular formula is C18H34O2. The molecule has 0 fully saturated rings. The van der Waals surface area contributed by atoms with Crippen molar-refractivity contribution in [3.05, 3.63) is 12.2 Å². The Labute approximate surface area is 126 Å². The fourth-order valence-corrected chi connectivity index (χ4v) is 2.20. The van der Waals surface area contributed by atoms with Gasteiger partial charge >= 0.3 is 5.97 Å². The molecule has 0 aromatic heterocycles. The van der Waals surface area contributed by atoms with Gasteiger partial charge in [-0.3, -0.25) is 4.79 Å². The molecule has 0 saturated heterocycles. The van der Waals surface area contributed by atoms with Gasteiger partial charge in [-0.2, -0.15) is 0 Å².